The molecule has 1 heterocycles. The highest BCUT2D eigenvalue weighted by molar-refractivity contribution is 6.07. The predicted molar refractivity (Wildman–Crippen MR) is 59.9 cm³/mol. The van der Waals surface area contributed by atoms with E-state index < -0.39 is 5.54 Å². The van der Waals surface area contributed by atoms with E-state index in [0.29, 0.717) is 12.1 Å². The van der Waals surface area contributed by atoms with E-state index in [1.54, 1.807) is 0 Å². The van der Waals surface area contributed by atoms with Gasteiger partial charge in [0.15, 0.2) is 0 Å². The molecule has 2 rings (SSSR count). The summed E-state index contributed by atoms with van der Waals surface area (Å²) in [5.74, 6) is -0.152. The highest BCUT2D eigenvalue weighted by Crippen LogP contribution is 2.30. The first-order valence-electron chi connectivity index (χ1n) is 5.91. The Kier molecular flexibility index (Phi) is 2.88. The molecular formula is C11H19N3O2. The van der Waals surface area contributed by atoms with E-state index >= 15 is 0 Å². The number of carbonyl (C=O) groups excluding carboxylic acids is 2. The average Bonchev–Trinajstić information content (AvgIpc) is 2.45. The van der Waals surface area contributed by atoms with Gasteiger partial charge in [-0.3, -0.25) is 10.1 Å². The van der Waals surface area contributed by atoms with Crippen LogP contribution in [0.1, 0.15) is 39.5 Å². The zero-order valence-electron chi connectivity index (χ0n) is 9.80. The molecule has 0 bridgehead atoms. The zero-order valence-corrected chi connectivity index (χ0v) is 9.80. The third kappa shape index (κ3) is 2.04. The molecule has 0 atom stereocenters. The van der Waals surface area contributed by atoms with Crippen LogP contribution in [0.15, 0.2) is 0 Å². The molecule has 5 nitrogen and oxygen atoms in total. The van der Waals surface area contributed by atoms with Gasteiger partial charge in [-0.15, -0.1) is 0 Å². The Labute approximate surface area is 95.3 Å². The molecule has 0 aromatic rings. The first kappa shape index (κ1) is 11.4. The van der Waals surface area contributed by atoms with Gasteiger partial charge in [-0.2, -0.15) is 0 Å². The highest BCUT2D eigenvalue weighted by atomic mass is 16.2. The Hall–Kier alpha value is -1.10. The van der Waals surface area contributed by atoms with Crippen molar-refractivity contribution < 1.29 is 9.59 Å². The van der Waals surface area contributed by atoms with E-state index in [1.165, 1.54) is 0 Å². The fourth-order valence-corrected chi connectivity index (χ4v) is 2.63. The van der Waals surface area contributed by atoms with Gasteiger partial charge in [-0.25, -0.2) is 4.79 Å². The molecule has 2 fully saturated rings. The number of amides is 3. The molecule has 3 amide bonds. The van der Waals surface area contributed by atoms with Gasteiger partial charge in [0.05, 0.1) is 0 Å². The summed E-state index contributed by atoms with van der Waals surface area (Å²) in [4.78, 5) is 22.8. The molecule has 0 radical (unpaired) electrons. The lowest BCUT2D eigenvalue weighted by Gasteiger charge is -2.35. The molecule has 1 saturated carbocycles. The van der Waals surface area contributed by atoms with Crippen LogP contribution in [0.3, 0.4) is 0 Å². The molecule has 3 N–H and O–H groups in total. The standard InChI is InChI=1S/C11H19N3O2/c1-7(2)12-8-3-5-11(6-4-8)9(15)13-10(16)14-11/h7-8,12H,3-6H2,1-2H3,(H2,13,14,15,16). The first-order valence-corrected chi connectivity index (χ1v) is 5.91. The molecule has 0 aromatic heterocycles. The molecule has 90 valence electrons. The van der Waals surface area contributed by atoms with Gasteiger partial charge < -0.3 is 10.6 Å². The van der Waals surface area contributed by atoms with Crippen LogP contribution in [0.4, 0.5) is 4.79 Å². The van der Waals surface area contributed by atoms with Crippen molar-refractivity contribution in [2.45, 2.75) is 57.2 Å². The van der Waals surface area contributed by atoms with Crippen molar-refractivity contribution >= 4 is 11.9 Å². The van der Waals surface area contributed by atoms with Crippen molar-refractivity contribution in [1.29, 1.82) is 0 Å². The SMILES string of the molecule is CC(C)NC1CCC2(CC1)NC(=O)NC2=O. The monoisotopic (exact) mass is 225 g/mol. The van der Waals surface area contributed by atoms with Crippen molar-refractivity contribution in [3.8, 4) is 0 Å². The van der Waals surface area contributed by atoms with Crippen molar-refractivity contribution in [2.24, 2.45) is 0 Å². The number of imide groups is 1. The topological polar surface area (TPSA) is 70.2 Å². The second-order valence-corrected chi connectivity index (χ2v) is 5.09. The molecule has 1 aliphatic heterocycles. The lowest BCUT2D eigenvalue weighted by molar-refractivity contribution is -0.125. The molecule has 1 saturated heterocycles. The van der Waals surface area contributed by atoms with E-state index in [1.807, 2.05) is 0 Å². The minimum atomic E-state index is -0.619. The maximum absolute atomic E-state index is 11.7. The van der Waals surface area contributed by atoms with Gasteiger partial charge in [0.1, 0.15) is 5.54 Å². The van der Waals surface area contributed by atoms with Gasteiger partial charge in [0, 0.05) is 12.1 Å². The van der Waals surface area contributed by atoms with Crippen LogP contribution >= 0.6 is 0 Å². The molecule has 0 aromatic carbocycles. The van der Waals surface area contributed by atoms with Crippen LogP contribution in [0.2, 0.25) is 0 Å². The predicted octanol–water partition coefficient (Wildman–Crippen LogP) is 0.505. The summed E-state index contributed by atoms with van der Waals surface area (Å²) in [7, 11) is 0. The van der Waals surface area contributed by atoms with E-state index in [9.17, 15) is 9.59 Å². The first-order chi connectivity index (χ1) is 7.52. The summed E-state index contributed by atoms with van der Waals surface area (Å²) >= 11 is 0. The summed E-state index contributed by atoms with van der Waals surface area (Å²) in [6, 6.07) is 0.585. The second kappa shape index (κ2) is 4.05. The van der Waals surface area contributed by atoms with Crippen LogP contribution < -0.4 is 16.0 Å². The largest absolute Gasteiger partial charge is 0.323 e. The Bertz CT molecular complexity index is 306. The lowest BCUT2D eigenvalue weighted by atomic mass is 9.79. The third-order valence-corrected chi connectivity index (χ3v) is 3.42. The number of hydrogen-bond acceptors (Lipinski definition) is 3. The molecule has 5 heteroatoms. The number of rotatable bonds is 2. The lowest BCUT2D eigenvalue weighted by Crippen LogP contribution is -2.52. The Morgan fingerprint density at radius 1 is 1.31 bits per heavy atom. The van der Waals surface area contributed by atoms with Gasteiger partial charge in [0.2, 0.25) is 0 Å². The Balaban J connectivity index is 1.94. The fourth-order valence-electron chi connectivity index (χ4n) is 2.63. The van der Waals surface area contributed by atoms with Crippen LogP contribution in [0, 0.1) is 0 Å². The highest BCUT2D eigenvalue weighted by Gasteiger charge is 2.47. The van der Waals surface area contributed by atoms with E-state index in [4.69, 9.17) is 0 Å². The molecular weight excluding hydrogens is 206 g/mol. The van der Waals surface area contributed by atoms with Crippen molar-refractivity contribution in [2.75, 3.05) is 0 Å². The van der Waals surface area contributed by atoms with Crippen LogP contribution in [0.25, 0.3) is 0 Å². The number of hydrogen-bond donors (Lipinski definition) is 3. The molecule has 2 aliphatic rings. The molecule has 16 heavy (non-hydrogen) atoms. The summed E-state index contributed by atoms with van der Waals surface area (Å²) in [6.45, 7) is 4.24. The van der Waals surface area contributed by atoms with Crippen LogP contribution in [0.5, 0.6) is 0 Å². The Morgan fingerprint density at radius 2 is 1.94 bits per heavy atom. The normalized spacial score (nSPS) is 34.3. The quantitative estimate of drug-likeness (QED) is 0.599. The summed E-state index contributed by atoms with van der Waals surface area (Å²) in [5, 5.41) is 8.56. The average molecular weight is 225 g/mol. The van der Waals surface area contributed by atoms with E-state index in [-0.39, 0.29) is 11.9 Å². The summed E-state index contributed by atoms with van der Waals surface area (Å²) in [6.07, 6.45) is 3.34. The van der Waals surface area contributed by atoms with Gasteiger partial charge in [-0.05, 0) is 25.7 Å². The second-order valence-electron chi connectivity index (χ2n) is 5.09. The van der Waals surface area contributed by atoms with Crippen molar-refractivity contribution in [3.63, 3.8) is 0 Å². The van der Waals surface area contributed by atoms with E-state index in [2.05, 4.69) is 29.8 Å². The third-order valence-electron chi connectivity index (χ3n) is 3.42. The minimum Gasteiger partial charge on any atom is -0.323 e. The van der Waals surface area contributed by atoms with Crippen molar-refractivity contribution in [1.82, 2.24) is 16.0 Å². The van der Waals surface area contributed by atoms with Gasteiger partial charge >= 0.3 is 6.03 Å². The van der Waals surface area contributed by atoms with Gasteiger partial charge in [0.25, 0.3) is 5.91 Å². The molecule has 0 unspecified atom stereocenters. The number of carbonyl (C=O) groups is 2. The smallest absolute Gasteiger partial charge is 0.322 e. The molecule has 1 aliphatic carbocycles. The van der Waals surface area contributed by atoms with Gasteiger partial charge in [-0.1, -0.05) is 13.8 Å². The maximum Gasteiger partial charge on any atom is 0.322 e. The Morgan fingerprint density at radius 3 is 2.38 bits per heavy atom. The molecule has 1 spiro atoms. The number of nitrogens with one attached hydrogen (secondary N) is 3. The van der Waals surface area contributed by atoms with Crippen molar-refractivity contribution in [3.05, 3.63) is 0 Å². The zero-order chi connectivity index (χ0) is 11.8. The van der Waals surface area contributed by atoms with E-state index in [0.717, 1.165) is 25.7 Å². The fraction of sp³-hybridized carbons (Fsp3) is 0.818. The minimum absolute atomic E-state index is 0.152. The van der Waals surface area contributed by atoms with Crippen LogP contribution in [-0.2, 0) is 4.79 Å². The van der Waals surface area contributed by atoms with Crippen LogP contribution in [-0.4, -0.2) is 29.6 Å². The maximum atomic E-state index is 11.7. The summed E-state index contributed by atoms with van der Waals surface area (Å²) < 4.78 is 0. The number of urea groups is 1. The summed E-state index contributed by atoms with van der Waals surface area (Å²) in [5.41, 5.74) is -0.619.